The van der Waals surface area contributed by atoms with E-state index < -0.39 is 5.92 Å². The van der Waals surface area contributed by atoms with E-state index in [9.17, 15) is 9.59 Å². The summed E-state index contributed by atoms with van der Waals surface area (Å²) in [5.41, 5.74) is 0. The molecule has 0 radical (unpaired) electrons. The smallest absolute Gasteiger partial charge is 0.316 e. The highest BCUT2D eigenvalue weighted by Gasteiger charge is 2.46. The van der Waals surface area contributed by atoms with Crippen molar-refractivity contribution in [3.05, 3.63) is 0 Å². The molecule has 16 heavy (non-hydrogen) atoms. The van der Waals surface area contributed by atoms with E-state index in [1.807, 2.05) is 0 Å². The Hall–Kier alpha value is -0.860. The normalized spacial score (nSPS) is 39.0. The number of fused-ring (bicyclic) bond motifs is 1. The lowest BCUT2D eigenvalue weighted by atomic mass is 9.61. The average Bonchev–Trinajstić information content (AvgIpc) is 2.28. The van der Waals surface area contributed by atoms with Crippen LogP contribution in [0.1, 0.15) is 39.0 Å². The van der Waals surface area contributed by atoms with E-state index in [1.54, 1.807) is 0 Å². The number of ketones is 1. The van der Waals surface area contributed by atoms with Gasteiger partial charge in [-0.1, -0.05) is 19.8 Å². The quantitative estimate of drug-likeness (QED) is 0.506. The molecule has 4 unspecified atom stereocenters. The molecule has 0 aromatic heterocycles. The van der Waals surface area contributed by atoms with Gasteiger partial charge in [-0.15, -0.1) is 0 Å². The highest BCUT2D eigenvalue weighted by atomic mass is 16.5. The van der Waals surface area contributed by atoms with Gasteiger partial charge < -0.3 is 4.74 Å². The first kappa shape index (κ1) is 11.6. The standard InChI is InChI=1S/C13H20O3/c1-8-4-3-5-10-9(8)6-7-11(14)12(10)13(15)16-2/h8-10,12H,3-7H2,1-2H3. The Kier molecular flexibility index (Phi) is 3.31. The minimum atomic E-state index is -0.466. The van der Waals surface area contributed by atoms with Crippen LogP contribution in [-0.4, -0.2) is 18.9 Å². The summed E-state index contributed by atoms with van der Waals surface area (Å²) >= 11 is 0. The van der Waals surface area contributed by atoms with Gasteiger partial charge in [-0.3, -0.25) is 9.59 Å². The Morgan fingerprint density at radius 3 is 2.69 bits per heavy atom. The van der Waals surface area contributed by atoms with Crippen LogP contribution in [-0.2, 0) is 14.3 Å². The van der Waals surface area contributed by atoms with Gasteiger partial charge >= 0.3 is 5.97 Å². The van der Waals surface area contributed by atoms with Gasteiger partial charge in [0.1, 0.15) is 11.7 Å². The maximum atomic E-state index is 11.9. The Morgan fingerprint density at radius 1 is 1.25 bits per heavy atom. The van der Waals surface area contributed by atoms with Crippen LogP contribution in [0.4, 0.5) is 0 Å². The number of hydrogen-bond donors (Lipinski definition) is 0. The number of rotatable bonds is 1. The zero-order valence-electron chi connectivity index (χ0n) is 10.1. The molecule has 2 fully saturated rings. The second-order valence-corrected chi connectivity index (χ2v) is 5.24. The third kappa shape index (κ3) is 1.87. The van der Waals surface area contributed by atoms with E-state index >= 15 is 0 Å². The lowest BCUT2D eigenvalue weighted by Crippen LogP contribution is -2.44. The first-order valence-corrected chi connectivity index (χ1v) is 6.25. The maximum Gasteiger partial charge on any atom is 0.316 e. The molecule has 2 saturated carbocycles. The van der Waals surface area contributed by atoms with E-state index in [0.717, 1.165) is 19.3 Å². The number of carbonyl (C=O) groups excluding carboxylic acids is 2. The molecule has 0 bridgehead atoms. The van der Waals surface area contributed by atoms with Gasteiger partial charge in [0.05, 0.1) is 7.11 Å². The summed E-state index contributed by atoms with van der Waals surface area (Å²) in [5.74, 6) is 0.773. The molecule has 0 saturated heterocycles. The fourth-order valence-electron chi connectivity index (χ4n) is 3.57. The highest BCUT2D eigenvalue weighted by Crippen LogP contribution is 2.45. The molecule has 0 aromatic rings. The van der Waals surface area contributed by atoms with Crippen LogP contribution >= 0.6 is 0 Å². The molecule has 0 aromatic carbocycles. The minimum Gasteiger partial charge on any atom is -0.468 e. The van der Waals surface area contributed by atoms with Crippen LogP contribution in [0.3, 0.4) is 0 Å². The fourth-order valence-corrected chi connectivity index (χ4v) is 3.57. The van der Waals surface area contributed by atoms with E-state index in [-0.39, 0.29) is 17.7 Å². The summed E-state index contributed by atoms with van der Waals surface area (Å²) in [6.45, 7) is 2.25. The van der Waals surface area contributed by atoms with Gasteiger partial charge in [0.25, 0.3) is 0 Å². The number of ether oxygens (including phenoxy) is 1. The number of carbonyl (C=O) groups is 2. The molecule has 0 amide bonds. The lowest BCUT2D eigenvalue weighted by Gasteiger charge is -2.42. The second kappa shape index (κ2) is 4.56. The molecular formula is C13H20O3. The first-order valence-electron chi connectivity index (χ1n) is 6.25. The summed E-state index contributed by atoms with van der Waals surface area (Å²) < 4.78 is 4.78. The van der Waals surface area contributed by atoms with Crippen molar-refractivity contribution < 1.29 is 14.3 Å². The van der Waals surface area contributed by atoms with Crippen molar-refractivity contribution in [2.45, 2.75) is 39.0 Å². The van der Waals surface area contributed by atoms with Crippen molar-refractivity contribution >= 4 is 11.8 Å². The minimum absolute atomic E-state index is 0.0993. The van der Waals surface area contributed by atoms with Gasteiger partial charge in [0, 0.05) is 6.42 Å². The molecule has 2 aliphatic rings. The van der Waals surface area contributed by atoms with Gasteiger partial charge in [-0.2, -0.15) is 0 Å². The predicted octanol–water partition coefficient (Wildman–Crippen LogP) is 2.19. The highest BCUT2D eigenvalue weighted by molar-refractivity contribution is 5.99. The molecule has 90 valence electrons. The maximum absolute atomic E-state index is 11.9. The van der Waals surface area contributed by atoms with Gasteiger partial charge in [-0.05, 0) is 30.6 Å². The van der Waals surface area contributed by atoms with E-state index in [4.69, 9.17) is 4.74 Å². The third-order valence-electron chi connectivity index (χ3n) is 4.43. The topological polar surface area (TPSA) is 43.4 Å². The summed E-state index contributed by atoms with van der Waals surface area (Å²) in [6.07, 6.45) is 4.93. The van der Waals surface area contributed by atoms with Gasteiger partial charge in [0.15, 0.2) is 0 Å². The van der Waals surface area contributed by atoms with Crippen molar-refractivity contribution in [1.29, 1.82) is 0 Å². The molecule has 3 nitrogen and oxygen atoms in total. The zero-order valence-corrected chi connectivity index (χ0v) is 10.1. The summed E-state index contributed by atoms with van der Waals surface area (Å²) in [4.78, 5) is 23.6. The van der Waals surface area contributed by atoms with Gasteiger partial charge in [-0.25, -0.2) is 0 Å². The number of Topliss-reactive ketones (excluding diaryl/α,β-unsaturated/α-hetero) is 1. The van der Waals surface area contributed by atoms with Crippen LogP contribution in [0.5, 0.6) is 0 Å². The average molecular weight is 224 g/mol. The Balaban J connectivity index is 2.20. The monoisotopic (exact) mass is 224 g/mol. The van der Waals surface area contributed by atoms with Crippen LogP contribution in [0, 0.1) is 23.7 Å². The molecule has 0 N–H and O–H groups in total. The summed E-state index contributed by atoms with van der Waals surface area (Å²) in [6, 6.07) is 0. The van der Waals surface area contributed by atoms with Crippen LogP contribution in [0.15, 0.2) is 0 Å². The lowest BCUT2D eigenvalue weighted by molar-refractivity contribution is -0.156. The fraction of sp³-hybridized carbons (Fsp3) is 0.846. The summed E-state index contributed by atoms with van der Waals surface area (Å²) in [7, 11) is 1.38. The molecule has 4 atom stereocenters. The van der Waals surface area contributed by atoms with E-state index in [1.165, 1.54) is 13.5 Å². The van der Waals surface area contributed by atoms with Gasteiger partial charge in [0.2, 0.25) is 0 Å². The molecule has 0 spiro atoms. The molecule has 0 heterocycles. The largest absolute Gasteiger partial charge is 0.468 e. The Morgan fingerprint density at radius 2 is 2.00 bits per heavy atom. The molecular weight excluding hydrogens is 204 g/mol. The SMILES string of the molecule is COC(=O)C1C(=O)CCC2C(C)CCCC12. The van der Waals surface area contributed by atoms with Crippen molar-refractivity contribution in [3.8, 4) is 0 Å². The first-order chi connectivity index (χ1) is 7.65. The number of hydrogen-bond acceptors (Lipinski definition) is 3. The van der Waals surface area contributed by atoms with Crippen molar-refractivity contribution in [2.75, 3.05) is 7.11 Å². The molecule has 2 rings (SSSR count). The van der Waals surface area contributed by atoms with Crippen molar-refractivity contribution in [3.63, 3.8) is 0 Å². The summed E-state index contributed by atoms with van der Waals surface area (Å²) in [5, 5.41) is 0. The second-order valence-electron chi connectivity index (χ2n) is 5.24. The third-order valence-corrected chi connectivity index (χ3v) is 4.43. The van der Waals surface area contributed by atoms with E-state index in [0.29, 0.717) is 18.3 Å². The van der Waals surface area contributed by atoms with Crippen molar-refractivity contribution in [1.82, 2.24) is 0 Å². The Labute approximate surface area is 96.5 Å². The van der Waals surface area contributed by atoms with Crippen LogP contribution in [0.25, 0.3) is 0 Å². The predicted molar refractivity (Wildman–Crippen MR) is 59.7 cm³/mol. The molecule has 2 aliphatic carbocycles. The Bertz CT molecular complexity index is 290. The van der Waals surface area contributed by atoms with Crippen LogP contribution in [0.2, 0.25) is 0 Å². The molecule has 3 heteroatoms. The molecule has 0 aliphatic heterocycles. The number of esters is 1. The van der Waals surface area contributed by atoms with Crippen LogP contribution < -0.4 is 0 Å². The zero-order chi connectivity index (χ0) is 11.7. The van der Waals surface area contributed by atoms with E-state index in [2.05, 4.69) is 6.92 Å². The number of methoxy groups -OCH3 is 1. The van der Waals surface area contributed by atoms with Crippen molar-refractivity contribution in [2.24, 2.45) is 23.7 Å².